The number of halogens is 1. The average Bonchev–Trinajstić information content (AvgIpc) is 2.38. The first kappa shape index (κ1) is 13.3. The largest absolute Gasteiger partial charge is 0.394 e. The third-order valence-corrected chi connectivity index (χ3v) is 3.23. The van der Waals surface area contributed by atoms with E-state index in [1.807, 2.05) is 17.9 Å². The van der Waals surface area contributed by atoms with Crippen LogP contribution in [0.15, 0.2) is 18.2 Å². The minimum atomic E-state index is -0.301. The first-order valence-electron chi connectivity index (χ1n) is 6.14. The Hall–Kier alpha value is -1.17. The van der Waals surface area contributed by atoms with Crippen LogP contribution in [0.25, 0.3) is 0 Å². The molecule has 1 aromatic carbocycles. The monoisotopic (exact) mass is 254 g/mol. The second-order valence-corrected chi connectivity index (χ2v) is 4.57. The topological polar surface area (TPSA) is 58.7 Å². The highest BCUT2D eigenvalue weighted by Gasteiger charge is 2.27. The third kappa shape index (κ3) is 2.48. The number of benzene rings is 1. The summed E-state index contributed by atoms with van der Waals surface area (Å²) in [7, 11) is 0. The number of para-hydroxylation sites is 1. The molecule has 1 fully saturated rings. The molecule has 0 aliphatic carbocycles. The fraction of sp³-hybridized carbons (Fsp3) is 0.538. The summed E-state index contributed by atoms with van der Waals surface area (Å²) in [5.41, 5.74) is 7.14. The predicted octanol–water partition coefficient (Wildman–Crippen LogP) is 1.04. The Morgan fingerprint density at radius 1 is 1.61 bits per heavy atom. The van der Waals surface area contributed by atoms with Gasteiger partial charge in [-0.25, -0.2) is 4.39 Å². The Morgan fingerprint density at radius 3 is 3.06 bits per heavy atom. The molecule has 0 spiro atoms. The summed E-state index contributed by atoms with van der Waals surface area (Å²) in [6, 6.07) is 4.44. The average molecular weight is 254 g/mol. The van der Waals surface area contributed by atoms with Crippen LogP contribution >= 0.6 is 0 Å². The van der Waals surface area contributed by atoms with Gasteiger partial charge in [0.05, 0.1) is 31.5 Å². The Morgan fingerprint density at radius 2 is 2.39 bits per heavy atom. The molecule has 0 saturated carbocycles. The Labute approximate surface area is 106 Å². The van der Waals surface area contributed by atoms with Crippen LogP contribution in [-0.2, 0) is 4.74 Å². The second kappa shape index (κ2) is 5.65. The van der Waals surface area contributed by atoms with Crippen molar-refractivity contribution in [1.29, 1.82) is 0 Å². The Balaban J connectivity index is 2.41. The van der Waals surface area contributed by atoms with Gasteiger partial charge in [0, 0.05) is 12.6 Å². The number of aliphatic hydroxyl groups is 1. The van der Waals surface area contributed by atoms with E-state index in [9.17, 15) is 9.50 Å². The van der Waals surface area contributed by atoms with E-state index in [1.165, 1.54) is 6.07 Å². The minimum Gasteiger partial charge on any atom is -0.394 e. The summed E-state index contributed by atoms with van der Waals surface area (Å²) in [5.74, 6) is -0.301. The van der Waals surface area contributed by atoms with Gasteiger partial charge in [-0.1, -0.05) is 12.1 Å². The van der Waals surface area contributed by atoms with E-state index in [2.05, 4.69) is 0 Å². The molecule has 2 rings (SSSR count). The van der Waals surface area contributed by atoms with E-state index in [0.29, 0.717) is 25.4 Å². The maximum atomic E-state index is 14.1. The van der Waals surface area contributed by atoms with Crippen LogP contribution in [0, 0.1) is 5.82 Å². The molecule has 18 heavy (non-hydrogen) atoms. The summed E-state index contributed by atoms with van der Waals surface area (Å²) in [5, 5.41) is 9.37. The number of morpholine rings is 1. The van der Waals surface area contributed by atoms with Gasteiger partial charge in [0.2, 0.25) is 0 Å². The molecule has 1 aromatic rings. The standard InChI is InChI=1S/C13H19FN2O2/c1-9(15)11-3-2-4-12(14)13(11)16-5-6-18-8-10(16)7-17/h2-4,9-10,17H,5-8,15H2,1H3/t9-,10?/m1/s1. The summed E-state index contributed by atoms with van der Waals surface area (Å²) in [6.45, 7) is 3.26. The number of nitrogens with zero attached hydrogens (tertiary/aromatic N) is 1. The van der Waals surface area contributed by atoms with Crippen molar-refractivity contribution in [3.63, 3.8) is 0 Å². The molecule has 100 valence electrons. The van der Waals surface area contributed by atoms with E-state index in [4.69, 9.17) is 10.5 Å². The number of rotatable bonds is 3. The number of ether oxygens (including phenoxy) is 1. The van der Waals surface area contributed by atoms with Gasteiger partial charge in [-0.15, -0.1) is 0 Å². The normalized spacial score (nSPS) is 22.0. The van der Waals surface area contributed by atoms with Gasteiger partial charge in [-0.05, 0) is 18.6 Å². The van der Waals surface area contributed by atoms with Crippen LogP contribution in [0.5, 0.6) is 0 Å². The second-order valence-electron chi connectivity index (χ2n) is 4.57. The molecule has 0 aromatic heterocycles. The molecule has 1 heterocycles. The van der Waals surface area contributed by atoms with Gasteiger partial charge >= 0.3 is 0 Å². The molecule has 0 radical (unpaired) electrons. The predicted molar refractivity (Wildman–Crippen MR) is 68.0 cm³/mol. The zero-order valence-electron chi connectivity index (χ0n) is 10.5. The molecule has 1 unspecified atom stereocenters. The maximum absolute atomic E-state index is 14.1. The first-order valence-corrected chi connectivity index (χ1v) is 6.14. The van der Waals surface area contributed by atoms with Crippen LogP contribution in [0.3, 0.4) is 0 Å². The van der Waals surface area contributed by atoms with Gasteiger partial charge < -0.3 is 20.5 Å². The van der Waals surface area contributed by atoms with Crippen LogP contribution < -0.4 is 10.6 Å². The van der Waals surface area contributed by atoms with Crippen LogP contribution in [-0.4, -0.2) is 37.5 Å². The number of anilines is 1. The van der Waals surface area contributed by atoms with Crippen molar-refractivity contribution in [2.24, 2.45) is 5.73 Å². The molecule has 5 heteroatoms. The summed E-state index contributed by atoms with van der Waals surface area (Å²) in [4.78, 5) is 1.86. The van der Waals surface area contributed by atoms with Crippen molar-refractivity contribution in [3.05, 3.63) is 29.6 Å². The number of hydrogen-bond acceptors (Lipinski definition) is 4. The number of nitrogens with two attached hydrogens (primary N) is 1. The molecular formula is C13H19FN2O2. The summed E-state index contributed by atoms with van der Waals surface area (Å²) < 4.78 is 19.4. The van der Waals surface area contributed by atoms with E-state index < -0.39 is 0 Å². The molecule has 4 nitrogen and oxygen atoms in total. The minimum absolute atomic E-state index is 0.0628. The van der Waals surface area contributed by atoms with Gasteiger partial charge in [-0.2, -0.15) is 0 Å². The quantitative estimate of drug-likeness (QED) is 0.846. The van der Waals surface area contributed by atoms with Crippen molar-refractivity contribution in [2.45, 2.75) is 19.0 Å². The Kier molecular flexibility index (Phi) is 4.16. The molecule has 1 aliphatic rings. The SMILES string of the molecule is C[C@@H](N)c1cccc(F)c1N1CCOCC1CO. The van der Waals surface area contributed by atoms with E-state index in [-0.39, 0.29) is 24.5 Å². The van der Waals surface area contributed by atoms with Gasteiger partial charge in [0.15, 0.2) is 0 Å². The van der Waals surface area contributed by atoms with E-state index in [0.717, 1.165) is 5.56 Å². The van der Waals surface area contributed by atoms with Crippen LogP contribution in [0.1, 0.15) is 18.5 Å². The van der Waals surface area contributed by atoms with Gasteiger partial charge in [0.25, 0.3) is 0 Å². The lowest BCUT2D eigenvalue weighted by Crippen LogP contribution is -2.48. The highest BCUT2D eigenvalue weighted by Crippen LogP contribution is 2.30. The number of aliphatic hydroxyl groups excluding tert-OH is 1. The van der Waals surface area contributed by atoms with Crippen molar-refractivity contribution < 1.29 is 14.2 Å². The molecule has 1 aliphatic heterocycles. The van der Waals surface area contributed by atoms with Crippen LogP contribution in [0.2, 0.25) is 0 Å². The zero-order valence-corrected chi connectivity index (χ0v) is 10.5. The van der Waals surface area contributed by atoms with Crippen molar-refractivity contribution >= 4 is 5.69 Å². The number of hydrogen-bond donors (Lipinski definition) is 2. The molecule has 3 N–H and O–H groups in total. The third-order valence-electron chi connectivity index (χ3n) is 3.23. The van der Waals surface area contributed by atoms with Crippen molar-refractivity contribution in [2.75, 3.05) is 31.3 Å². The molecular weight excluding hydrogens is 235 g/mol. The Bertz CT molecular complexity index is 412. The van der Waals surface area contributed by atoms with E-state index >= 15 is 0 Å². The fourth-order valence-corrected chi connectivity index (χ4v) is 2.30. The van der Waals surface area contributed by atoms with Gasteiger partial charge in [-0.3, -0.25) is 0 Å². The van der Waals surface area contributed by atoms with E-state index in [1.54, 1.807) is 6.07 Å². The first-order chi connectivity index (χ1) is 8.65. The zero-order chi connectivity index (χ0) is 13.1. The summed E-state index contributed by atoms with van der Waals surface area (Å²) >= 11 is 0. The lowest BCUT2D eigenvalue weighted by Gasteiger charge is -2.38. The highest BCUT2D eigenvalue weighted by molar-refractivity contribution is 5.57. The maximum Gasteiger partial charge on any atom is 0.146 e. The molecule has 0 bridgehead atoms. The molecule has 0 amide bonds. The van der Waals surface area contributed by atoms with Crippen molar-refractivity contribution in [3.8, 4) is 0 Å². The highest BCUT2D eigenvalue weighted by atomic mass is 19.1. The van der Waals surface area contributed by atoms with Gasteiger partial charge in [0.1, 0.15) is 5.82 Å². The lowest BCUT2D eigenvalue weighted by atomic mass is 10.0. The smallest absolute Gasteiger partial charge is 0.146 e. The fourth-order valence-electron chi connectivity index (χ4n) is 2.30. The molecule has 1 saturated heterocycles. The van der Waals surface area contributed by atoms with Crippen molar-refractivity contribution in [1.82, 2.24) is 0 Å². The molecule has 2 atom stereocenters. The van der Waals surface area contributed by atoms with Crippen LogP contribution in [0.4, 0.5) is 10.1 Å². The lowest BCUT2D eigenvalue weighted by molar-refractivity contribution is 0.0722. The summed E-state index contributed by atoms with van der Waals surface area (Å²) in [6.07, 6.45) is 0.